The van der Waals surface area contributed by atoms with Crippen molar-refractivity contribution in [3.8, 4) is 0 Å². The summed E-state index contributed by atoms with van der Waals surface area (Å²) in [5.74, 6) is -0.230. The van der Waals surface area contributed by atoms with Gasteiger partial charge < -0.3 is 5.32 Å². The van der Waals surface area contributed by atoms with E-state index in [0.29, 0.717) is 13.0 Å². The van der Waals surface area contributed by atoms with E-state index in [4.69, 9.17) is 0 Å². The molecule has 6 heteroatoms. The molecular formula is C6H12N2O3S. The first-order valence-electron chi connectivity index (χ1n) is 3.74. The summed E-state index contributed by atoms with van der Waals surface area (Å²) in [6, 6.07) is -0.575. The highest BCUT2D eigenvalue weighted by Crippen LogP contribution is 2.03. The lowest BCUT2D eigenvalue weighted by atomic mass is 10.1. The molecule has 0 aromatic carbocycles. The quantitative estimate of drug-likeness (QED) is 0.578. The van der Waals surface area contributed by atoms with Crippen LogP contribution in [0.2, 0.25) is 0 Å². The Labute approximate surface area is 71.6 Å². The molecule has 0 radical (unpaired) electrons. The normalized spacial score (nSPS) is 25.1. The summed E-state index contributed by atoms with van der Waals surface area (Å²) in [6.07, 6.45) is 2.45. The molecule has 2 N–H and O–H groups in total. The second kappa shape index (κ2) is 3.40. The van der Waals surface area contributed by atoms with Crippen LogP contribution in [0.15, 0.2) is 0 Å². The molecule has 0 bridgehead atoms. The Kier molecular flexibility index (Phi) is 2.69. The van der Waals surface area contributed by atoms with Crippen LogP contribution in [0.1, 0.15) is 12.8 Å². The number of carbonyl (C=O) groups excluding carboxylic acids is 1. The summed E-state index contributed by atoms with van der Waals surface area (Å²) in [5.41, 5.74) is 0. The highest BCUT2D eigenvalue weighted by atomic mass is 32.2. The average molecular weight is 192 g/mol. The molecule has 12 heavy (non-hydrogen) atoms. The lowest BCUT2D eigenvalue weighted by molar-refractivity contribution is -0.124. The fourth-order valence-electron chi connectivity index (χ4n) is 1.14. The minimum atomic E-state index is -3.27. The summed E-state index contributed by atoms with van der Waals surface area (Å²) in [4.78, 5) is 11.0. The zero-order valence-corrected chi connectivity index (χ0v) is 7.65. The van der Waals surface area contributed by atoms with Crippen molar-refractivity contribution >= 4 is 15.9 Å². The fourth-order valence-corrected chi connectivity index (χ4v) is 1.88. The minimum Gasteiger partial charge on any atom is -0.355 e. The standard InChI is InChI=1S/C6H12N2O3S/c1-12(10,11)8-5-3-2-4-7-6(5)9/h5,8H,2-4H2,1H3,(H,7,9). The number of hydrogen-bond acceptors (Lipinski definition) is 3. The third kappa shape index (κ3) is 2.78. The molecular weight excluding hydrogens is 180 g/mol. The Morgan fingerprint density at radius 2 is 2.25 bits per heavy atom. The zero-order chi connectivity index (χ0) is 9.19. The molecule has 1 amide bonds. The molecule has 0 aromatic rings. The number of amides is 1. The van der Waals surface area contributed by atoms with Crippen molar-refractivity contribution < 1.29 is 13.2 Å². The van der Waals surface area contributed by atoms with Crippen LogP contribution in [0.5, 0.6) is 0 Å². The van der Waals surface area contributed by atoms with Gasteiger partial charge in [0.25, 0.3) is 0 Å². The monoisotopic (exact) mass is 192 g/mol. The molecule has 1 aliphatic rings. The van der Waals surface area contributed by atoms with Gasteiger partial charge in [-0.2, -0.15) is 0 Å². The van der Waals surface area contributed by atoms with E-state index in [1.807, 2.05) is 0 Å². The molecule has 1 rings (SSSR count). The summed E-state index contributed by atoms with van der Waals surface area (Å²) in [5, 5.41) is 2.59. The maximum atomic E-state index is 11.0. The second-order valence-electron chi connectivity index (χ2n) is 2.88. The Bertz CT molecular complexity index is 273. The van der Waals surface area contributed by atoms with Gasteiger partial charge in [-0.3, -0.25) is 4.79 Å². The van der Waals surface area contributed by atoms with Gasteiger partial charge in [0.15, 0.2) is 0 Å². The van der Waals surface area contributed by atoms with Crippen LogP contribution in [-0.4, -0.2) is 33.2 Å². The summed E-state index contributed by atoms with van der Waals surface area (Å²) < 4.78 is 23.8. The van der Waals surface area contributed by atoms with Gasteiger partial charge >= 0.3 is 0 Å². The predicted octanol–water partition coefficient (Wildman–Crippen LogP) is -1.19. The first kappa shape index (κ1) is 9.47. The Hall–Kier alpha value is -0.620. The number of piperidine rings is 1. The van der Waals surface area contributed by atoms with Crippen molar-refractivity contribution in [2.24, 2.45) is 0 Å². The van der Waals surface area contributed by atoms with Gasteiger partial charge in [-0.15, -0.1) is 0 Å². The highest BCUT2D eigenvalue weighted by molar-refractivity contribution is 7.88. The predicted molar refractivity (Wildman–Crippen MR) is 44.0 cm³/mol. The molecule has 70 valence electrons. The molecule has 1 atom stereocenters. The maximum absolute atomic E-state index is 11.0. The third-order valence-electron chi connectivity index (χ3n) is 1.64. The number of rotatable bonds is 2. The molecule has 1 saturated heterocycles. The molecule has 0 spiro atoms. The molecule has 5 nitrogen and oxygen atoms in total. The lowest BCUT2D eigenvalue weighted by Crippen LogP contribution is -2.49. The van der Waals surface area contributed by atoms with E-state index in [2.05, 4.69) is 10.0 Å². The first-order valence-corrected chi connectivity index (χ1v) is 5.63. The first-order chi connectivity index (χ1) is 5.49. The van der Waals surface area contributed by atoms with Crippen LogP contribution in [-0.2, 0) is 14.8 Å². The third-order valence-corrected chi connectivity index (χ3v) is 2.35. The minimum absolute atomic E-state index is 0.230. The Balaban J connectivity index is 2.56. The highest BCUT2D eigenvalue weighted by Gasteiger charge is 2.24. The van der Waals surface area contributed by atoms with E-state index in [9.17, 15) is 13.2 Å². The van der Waals surface area contributed by atoms with Gasteiger partial charge in [0, 0.05) is 6.54 Å². The van der Waals surface area contributed by atoms with E-state index in [0.717, 1.165) is 12.7 Å². The summed E-state index contributed by atoms with van der Waals surface area (Å²) in [7, 11) is -3.27. The Morgan fingerprint density at radius 1 is 1.58 bits per heavy atom. The smallest absolute Gasteiger partial charge is 0.238 e. The van der Waals surface area contributed by atoms with Crippen molar-refractivity contribution in [2.75, 3.05) is 12.8 Å². The molecule has 1 fully saturated rings. The van der Waals surface area contributed by atoms with E-state index < -0.39 is 16.1 Å². The molecule has 0 aromatic heterocycles. The van der Waals surface area contributed by atoms with Crippen molar-refractivity contribution in [1.82, 2.24) is 10.0 Å². The van der Waals surface area contributed by atoms with E-state index in [1.54, 1.807) is 0 Å². The van der Waals surface area contributed by atoms with Gasteiger partial charge in [-0.25, -0.2) is 13.1 Å². The second-order valence-corrected chi connectivity index (χ2v) is 4.66. The van der Waals surface area contributed by atoms with Crippen LogP contribution < -0.4 is 10.0 Å². The number of hydrogen-bond donors (Lipinski definition) is 2. The topological polar surface area (TPSA) is 75.3 Å². The average Bonchev–Trinajstić information content (AvgIpc) is 1.91. The molecule has 0 aliphatic carbocycles. The van der Waals surface area contributed by atoms with Gasteiger partial charge in [-0.05, 0) is 12.8 Å². The SMILES string of the molecule is CS(=O)(=O)NC1CCCNC1=O. The zero-order valence-electron chi connectivity index (χ0n) is 6.83. The van der Waals surface area contributed by atoms with Crippen LogP contribution in [0.3, 0.4) is 0 Å². The van der Waals surface area contributed by atoms with Gasteiger partial charge in [0.2, 0.25) is 15.9 Å². The number of carbonyl (C=O) groups is 1. The van der Waals surface area contributed by atoms with Crippen LogP contribution in [0, 0.1) is 0 Å². The van der Waals surface area contributed by atoms with Crippen molar-refractivity contribution in [3.63, 3.8) is 0 Å². The van der Waals surface area contributed by atoms with E-state index in [-0.39, 0.29) is 5.91 Å². The van der Waals surface area contributed by atoms with Crippen molar-refractivity contribution in [1.29, 1.82) is 0 Å². The fraction of sp³-hybridized carbons (Fsp3) is 0.833. The number of nitrogens with one attached hydrogen (secondary N) is 2. The molecule has 0 saturated carbocycles. The van der Waals surface area contributed by atoms with Crippen LogP contribution >= 0.6 is 0 Å². The van der Waals surface area contributed by atoms with Crippen molar-refractivity contribution in [3.05, 3.63) is 0 Å². The molecule has 1 heterocycles. The lowest BCUT2D eigenvalue weighted by Gasteiger charge is -2.21. The molecule has 1 aliphatic heterocycles. The van der Waals surface area contributed by atoms with E-state index >= 15 is 0 Å². The van der Waals surface area contributed by atoms with Gasteiger partial charge in [0.1, 0.15) is 6.04 Å². The summed E-state index contributed by atoms with van der Waals surface area (Å²) >= 11 is 0. The van der Waals surface area contributed by atoms with Crippen molar-refractivity contribution in [2.45, 2.75) is 18.9 Å². The van der Waals surface area contributed by atoms with Crippen LogP contribution in [0.25, 0.3) is 0 Å². The van der Waals surface area contributed by atoms with E-state index in [1.165, 1.54) is 0 Å². The number of sulfonamides is 1. The summed E-state index contributed by atoms with van der Waals surface area (Å²) in [6.45, 7) is 0.640. The largest absolute Gasteiger partial charge is 0.355 e. The van der Waals surface area contributed by atoms with Gasteiger partial charge in [0.05, 0.1) is 6.26 Å². The van der Waals surface area contributed by atoms with Crippen LogP contribution in [0.4, 0.5) is 0 Å². The Morgan fingerprint density at radius 3 is 2.75 bits per heavy atom. The maximum Gasteiger partial charge on any atom is 0.238 e. The molecule has 1 unspecified atom stereocenters. The van der Waals surface area contributed by atoms with Gasteiger partial charge in [-0.1, -0.05) is 0 Å².